The number of aromatic amines is 1. The molecule has 1 heterocycles. The molecule has 9 aromatic rings. The van der Waals surface area contributed by atoms with Gasteiger partial charge in [0.05, 0.1) is 25.6 Å². The summed E-state index contributed by atoms with van der Waals surface area (Å²) in [5.41, 5.74) is 10.3. The van der Waals surface area contributed by atoms with E-state index in [2.05, 4.69) is 127 Å². The molecule has 0 saturated heterocycles. The smallest absolute Gasteiger partial charge is 0.387 e. The lowest BCUT2D eigenvalue weighted by molar-refractivity contribution is -0.0498. The second kappa shape index (κ2) is 16.3. The second-order valence-electron chi connectivity index (χ2n) is 14.7. The van der Waals surface area contributed by atoms with Crippen molar-refractivity contribution in [2.24, 2.45) is 0 Å². The molecule has 9 rings (SSSR count). The first kappa shape index (κ1) is 38.4. The zero-order valence-corrected chi connectivity index (χ0v) is 33.9. The molecule has 0 radical (unpaired) electrons. The molecule has 7 heteroatoms. The largest absolute Gasteiger partial charge is 0.497 e. The van der Waals surface area contributed by atoms with Crippen LogP contribution < -0.4 is 19.1 Å². The minimum absolute atomic E-state index is 0.0666. The van der Waals surface area contributed by atoms with Crippen molar-refractivity contribution < 1.29 is 23.0 Å². The highest BCUT2D eigenvalue weighted by Crippen LogP contribution is 2.52. The van der Waals surface area contributed by atoms with Crippen LogP contribution >= 0.6 is 0 Å². The summed E-state index contributed by atoms with van der Waals surface area (Å²) < 4.78 is 43.7. The molecule has 1 N–H and O–H groups in total. The molecule has 298 valence electrons. The van der Waals surface area contributed by atoms with Crippen LogP contribution in [-0.4, -0.2) is 38.9 Å². The number of ether oxygens (including phenoxy) is 3. The number of nitrogens with one attached hydrogen (secondary N) is 1. The number of anilines is 1. The molecule has 0 amide bonds. The van der Waals surface area contributed by atoms with E-state index in [-0.39, 0.29) is 5.75 Å². The molecular formula is C53H44F2N2O3. The molecule has 1 aromatic heterocycles. The molecule has 8 aromatic carbocycles. The van der Waals surface area contributed by atoms with Crippen molar-refractivity contribution in [1.29, 1.82) is 0 Å². The standard InChI is InChI=1S/C53H44F2N2O3/c1-5-57(6-2)36-24-18-35(19-25-36)51-50(46-17-11-16-44-42-13-8-7-12-40(42)41-14-9-10-15-43(41)49(44)46)48(34-22-28-38(59-4)29-23-34)52(56-51)45-31-30-39(60-53(54)55)32-47(45)33-20-26-37(58-3)27-21-33/h7-32,53,56H,5-6H2,1-4H3. The summed E-state index contributed by atoms with van der Waals surface area (Å²) in [6.07, 6.45) is 0. The van der Waals surface area contributed by atoms with Gasteiger partial charge in [0.15, 0.2) is 0 Å². The lowest BCUT2D eigenvalue weighted by Gasteiger charge is -2.21. The van der Waals surface area contributed by atoms with Crippen LogP contribution in [0.3, 0.4) is 0 Å². The van der Waals surface area contributed by atoms with Crippen LogP contribution in [0.4, 0.5) is 14.5 Å². The summed E-state index contributed by atoms with van der Waals surface area (Å²) in [7, 11) is 3.28. The number of hydrogen-bond acceptors (Lipinski definition) is 4. The van der Waals surface area contributed by atoms with Crippen LogP contribution in [-0.2, 0) is 0 Å². The number of alkyl halides is 2. The van der Waals surface area contributed by atoms with Crippen LogP contribution in [0.2, 0.25) is 0 Å². The summed E-state index contributed by atoms with van der Waals surface area (Å²) in [5.74, 6) is 1.49. The second-order valence-corrected chi connectivity index (χ2v) is 14.7. The highest BCUT2D eigenvalue weighted by molar-refractivity contribution is 6.29. The van der Waals surface area contributed by atoms with E-state index in [0.29, 0.717) is 5.75 Å². The summed E-state index contributed by atoms with van der Waals surface area (Å²) in [6, 6.07) is 53.5. The van der Waals surface area contributed by atoms with Gasteiger partial charge in [-0.2, -0.15) is 8.78 Å². The first-order valence-corrected chi connectivity index (χ1v) is 20.2. The Morgan fingerprint density at radius 2 is 1.00 bits per heavy atom. The van der Waals surface area contributed by atoms with E-state index < -0.39 is 6.61 Å². The topological polar surface area (TPSA) is 46.7 Å². The Hall–Kier alpha value is -7.12. The Bertz CT molecular complexity index is 2930. The van der Waals surface area contributed by atoms with Crippen molar-refractivity contribution in [1.82, 2.24) is 4.98 Å². The van der Waals surface area contributed by atoms with Gasteiger partial charge in [-0.3, -0.25) is 0 Å². The van der Waals surface area contributed by atoms with Crippen LogP contribution in [0.15, 0.2) is 158 Å². The number of halogens is 2. The quantitative estimate of drug-likeness (QED) is 0.125. The maximum absolute atomic E-state index is 13.8. The molecule has 0 aliphatic heterocycles. The van der Waals surface area contributed by atoms with E-state index >= 15 is 0 Å². The first-order valence-electron chi connectivity index (χ1n) is 20.2. The van der Waals surface area contributed by atoms with Gasteiger partial charge in [0, 0.05) is 35.5 Å². The van der Waals surface area contributed by atoms with Gasteiger partial charge in [0.2, 0.25) is 0 Å². The van der Waals surface area contributed by atoms with Crippen molar-refractivity contribution in [3.63, 3.8) is 0 Å². The number of nitrogens with zero attached hydrogens (tertiary/aromatic N) is 1. The van der Waals surface area contributed by atoms with Crippen molar-refractivity contribution in [3.05, 3.63) is 158 Å². The van der Waals surface area contributed by atoms with Crippen LogP contribution in [0.25, 0.3) is 88.2 Å². The predicted molar refractivity (Wildman–Crippen MR) is 244 cm³/mol. The predicted octanol–water partition coefficient (Wildman–Crippen LogP) is 14.3. The molecule has 0 aliphatic rings. The average Bonchev–Trinajstić information content (AvgIpc) is 3.69. The molecule has 0 unspecified atom stereocenters. The summed E-state index contributed by atoms with van der Waals surface area (Å²) in [5, 5.41) is 7.00. The normalized spacial score (nSPS) is 11.4. The fraction of sp³-hybridized carbons (Fsp3) is 0.132. The van der Waals surface area contributed by atoms with E-state index in [4.69, 9.17) is 14.2 Å². The number of aromatic nitrogens is 1. The molecule has 0 atom stereocenters. The lowest BCUT2D eigenvalue weighted by atomic mass is 9.85. The van der Waals surface area contributed by atoms with Crippen LogP contribution in [0.1, 0.15) is 13.8 Å². The van der Waals surface area contributed by atoms with E-state index in [0.717, 1.165) is 96.6 Å². The van der Waals surface area contributed by atoms with Crippen molar-refractivity contribution >= 4 is 38.0 Å². The van der Waals surface area contributed by atoms with Gasteiger partial charge in [-0.25, -0.2) is 0 Å². The van der Waals surface area contributed by atoms with Crippen molar-refractivity contribution in [2.45, 2.75) is 20.5 Å². The molecule has 5 nitrogen and oxygen atoms in total. The third-order valence-corrected chi connectivity index (χ3v) is 11.6. The van der Waals surface area contributed by atoms with E-state index in [1.54, 1.807) is 26.4 Å². The fourth-order valence-corrected chi connectivity index (χ4v) is 8.75. The maximum atomic E-state index is 13.8. The number of hydrogen-bond donors (Lipinski definition) is 1. The number of methoxy groups -OCH3 is 2. The molecule has 0 bridgehead atoms. The van der Waals surface area contributed by atoms with Gasteiger partial charge in [0.1, 0.15) is 17.2 Å². The van der Waals surface area contributed by atoms with Gasteiger partial charge < -0.3 is 24.1 Å². The molecular weight excluding hydrogens is 751 g/mol. The molecule has 0 spiro atoms. The Balaban J connectivity index is 1.43. The monoisotopic (exact) mass is 794 g/mol. The number of H-pyrrole nitrogens is 1. The van der Waals surface area contributed by atoms with Gasteiger partial charge in [0.25, 0.3) is 0 Å². The zero-order valence-electron chi connectivity index (χ0n) is 33.9. The first-order chi connectivity index (χ1) is 29.4. The molecule has 0 saturated carbocycles. The Kier molecular flexibility index (Phi) is 10.4. The third kappa shape index (κ3) is 6.86. The number of benzene rings is 8. The summed E-state index contributed by atoms with van der Waals surface area (Å²) in [6.45, 7) is 3.15. The van der Waals surface area contributed by atoms with Gasteiger partial charge in [-0.1, -0.05) is 103 Å². The minimum atomic E-state index is -2.98. The third-order valence-electron chi connectivity index (χ3n) is 11.6. The fourth-order valence-electron chi connectivity index (χ4n) is 8.75. The Morgan fingerprint density at radius 1 is 0.483 bits per heavy atom. The molecule has 0 aliphatic carbocycles. The van der Waals surface area contributed by atoms with Gasteiger partial charge in [-0.15, -0.1) is 0 Å². The number of fused-ring (bicyclic) bond motifs is 6. The maximum Gasteiger partial charge on any atom is 0.387 e. The zero-order chi connectivity index (χ0) is 41.3. The highest BCUT2D eigenvalue weighted by atomic mass is 19.3. The van der Waals surface area contributed by atoms with E-state index in [1.165, 1.54) is 16.2 Å². The van der Waals surface area contributed by atoms with Gasteiger partial charge >= 0.3 is 6.61 Å². The van der Waals surface area contributed by atoms with Crippen molar-refractivity contribution in [2.75, 3.05) is 32.2 Å². The summed E-state index contributed by atoms with van der Waals surface area (Å²) in [4.78, 5) is 6.30. The lowest BCUT2D eigenvalue weighted by Crippen LogP contribution is -2.21. The van der Waals surface area contributed by atoms with Crippen LogP contribution in [0, 0.1) is 0 Å². The van der Waals surface area contributed by atoms with Crippen molar-refractivity contribution in [3.8, 4) is 73.1 Å². The Morgan fingerprint density at radius 3 is 1.57 bits per heavy atom. The Labute approximate surface area is 348 Å². The van der Waals surface area contributed by atoms with E-state index in [9.17, 15) is 8.78 Å². The minimum Gasteiger partial charge on any atom is -0.497 e. The molecule has 0 fully saturated rings. The summed E-state index contributed by atoms with van der Waals surface area (Å²) >= 11 is 0. The SMILES string of the molecule is CCN(CC)c1ccc(-c2[nH]c(-c3ccc(OC(F)F)cc3-c3ccc(OC)cc3)c(-c3ccc(OC)cc3)c2-c2cccc3c4ccccc4c4ccccc4c23)cc1. The van der Waals surface area contributed by atoms with E-state index in [1.807, 2.05) is 42.5 Å². The molecule has 60 heavy (non-hydrogen) atoms. The average molecular weight is 795 g/mol. The van der Waals surface area contributed by atoms with Crippen LogP contribution in [0.5, 0.6) is 17.2 Å². The number of rotatable bonds is 12. The van der Waals surface area contributed by atoms with Gasteiger partial charge in [-0.05, 0) is 129 Å². The highest BCUT2D eigenvalue weighted by Gasteiger charge is 2.27.